The fourth-order valence-corrected chi connectivity index (χ4v) is 3.40. The van der Waals surface area contributed by atoms with Crippen LogP contribution in [0.25, 0.3) is 0 Å². The first-order valence-electron chi connectivity index (χ1n) is 7.47. The number of carbonyl (C=O) groups is 2. The molecule has 0 bridgehead atoms. The molecule has 2 atom stereocenters. The summed E-state index contributed by atoms with van der Waals surface area (Å²) in [6.45, 7) is 5.68. The molecule has 2 saturated heterocycles. The van der Waals surface area contributed by atoms with Gasteiger partial charge in [-0.05, 0) is 12.3 Å². The number of thioether (sulfide) groups is 1. The highest BCUT2D eigenvalue weighted by Crippen LogP contribution is 2.17. The highest BCUT2D eigenvalue weighted by Gasteiger charge is 2.27. The Morgan fingerprint density at radius 3 is 2.38 bits per heavy atom. The van der Waals surface area contributed by atoms with Crippen LogP contribution in [0.5, 0.6) is 0 Å². The molecule has 1 N–H and O–H groups in total. The third-order valence-corrected chi connectivity index (χ3v) is 4.93. The molecule has 2 aliphatic rings. The Morgan fingerprint density at radius 1 is 1.14 bits per heavy atom. The second-order valence-corrected chi connectivity index (χ2v) is 6.64. The van der Waals surface area contributed by atoms with E-state index in [1.807, 2.05) is 6.92 Å². The number of hydrogen-bond acceptors (Lipinski definition) is 5. The molecule has 21 heavy (non-hydrogen) atoms. The van der Waals surface area contributed by atoms with Gasteiger partial charge in [-0.3, -0.25) is 9.59 Å². The molecular formula is C14H24N2O4S. The molecule has 6 nitrogen and oxygen atoms in total. The van der Waals surface area contributed by atoms with E-state index in [4.69, 9.17) is 4.74 Å². The third-order valence-electron chi connectivity index (χ3n) is 4.03. The Balaban J connectivity index is 1.66. The zero-order chi connectivity index (χ0) is 15.2. The van der Waals surface area contributed by atoms with Crippen LogP contribution in [0, 0.1) is 5.92 Å². The number of nitrogens with zero attached hydrogens (tertiary/aromatic N) is 2. The van der Waals surface area contributed by atoms with Gasteiger partial charge in [0, 0.05) is 26.2 Å². The van der Waals surface area contributed by atoms with Crippen molar-refractivity contribution in [2.45, 2.75) is 19.4 Å². The Labute approximate surface area is 129 Å². The Bertz CT molecular complexity index is 374. The van der Waals surface area contributed by atoms with Gasteiger partial charge in [0.1, 0.15) is 0 Å². The maximum Gasteiger partial charge on any atom is 0.232 e. The molecule has 7 heteroatoms. The van der Waals surface area contributed by atoms with E-state index in [2.05, 4.69) is 0 Å². The van der Waals surface area contributed by atoms with Crippen LogP contribution in [-0.4, -0.2) is 83.7 Å². The van der Waals surface area contributed by atoms with Crippen LogP contribution in [0.3, 0.4) is 0 Å². The lowest BCUT2D eigenvalue weighted by Crippen LogP contribution is -2.46. The van der Waals surface area contributed by atoms with Gasteiger partial charge in [-0.1, -0.05) is 6.92 Å². The quantitative estimate of drug-likeness (QED) is 0.778. The molecule has 0 spiro atoms. The first-order chi connectivity index (χ1) is 10.1. The van der Waals surface area contributed by atoms with Crippen molar-refractivity contribution in [2.24, 2.45) is 5.92 Å². The van der Waals surface area contributed by atoms with Gasteiger partial charge in [0.15, 0.2) is 0 Å². The van der Waals surface area contributed by atoms with Gasteiger partial charge < -0.3 is 19.6 Å². The second kappa shape index (κ2) is 8.00. The van der Waals surface area contributed by atoms with Crippen LogP contribution in [0.2, 0.25) is 0 Å². The van der Waals surface area contributed by atoms with Crippen LogP contribution < -0.4 is 0 Å². The lowest BCUT2D eigenvalue weighted by atomic mass is 9.97. The average Bonchev–Trinajstić information content (AvgIpc) is 2.50. The van der Waals surface area contributed by atoms with Crippen molar-refractivity contribution in [2.75, 3.05) is 50.9 Å². The predicted octanol–water partition coefficient (Wildman–Crippen LogP) is -0.192. The number of piperidine rings is 1. The highest BCUT2D eigenvalue weighted by atomic mass is 32.2. The summed E-state index contributed by atoms with van der Waals surface area (Å²) in [5.41, 5.74) is 0. The van der Waals surface area contributed by atoms with E-state index in [-0.39, 0.29) is 23.8 Å². The summed E-state index contributed by atoms with van der Waals surface area (Å²) in [6, 6.07) is 0. The molecule has 120 valence electrons. The van der Waals surface area contributed by atoms with Gasteiger partial charge in [-0.2, -0.15) is 0 Å². The largest absolute Gasteiger partial charge is 0.393 e. The SMILES string of the molecule is CC1CN(C(=O)CSCC(=O)N2CCOCC2)CCC1O. The standard InChI is InChI=1S/C14H24N2O4S/c1-11-8-16(3-2-12(11)17)14(19)10-21-9-13(18)15-4-6-20-7-5-15/h11-12,17H,2-10H2,1H3. The summed E-state index contributed by atoms with van der Waals surface area (Å²) < 4.78 is 5.21. The van der Waals surface area contributed by atoms with E-state index in [0.717, 1.165) is 0 Å². The van der Waals surface area contributed by atoms with Crippen molar-refractivity contribution in [3.63, 3.8) is 0 Å². The van der Waals surface area contributed by atoms with Crippen molar-refractivity contribution >= 4 is 23.6 Å². The number of likely N-dealkylation sites (tertiary alicyclic amines) is 1. The molecule has 0 saturated carbocycles. The van der Waals surface area contributed by atoms with Gasteiger partial charge in [0.05, 0.1) is 30.8 Å². The summed E-state index contributed by atoms with van der Waals surface area (Å²) in [7, 11) is 0. The van der Waals surface area contributed by atoms with Crippen molar-refractivity contribution in [3.8, 4) is 0 Å². The van der Waals surface area contributed by atoms with Crippen LogP contribution in [0.1, 0.15) is 13.3 Å². The van der Waals surface area contributed by atoms with E-state index in [1.54, 1.807) is 9.80 Å². The molecule has 2 heterocycles. The maximum absolute atomic E-state index is 12.1. The summed E-state index contributed by atoms with van der Waals surface area (Å²) >= 11 is 1.37. The molecule has 2 amide bonds. The Kier molecular flexibility index (Phi) is 6.32. The fourth-order valence-electron chi connectivity index (χ4n) is 2.58. The zero-order valence-electron chi connectivity index (χ0n) is 12.5. The third kappa shape index (κ3) is 4.86. The molecule has 2 aliphatic heterocycles. The smallest absolute Gasteiger partial charge is 0.232 e. The van der Waals surface area contributed by atoms with Crippen molar-refractivity contribution in [3.05, 3.63) is 0 Å². The minimum Gasteiger partial charge on any atom is -0.393 e. The minimum absolute atomic E-state index is 0.0635. The lowest BCUT2D eigenvalue weighted by molar-refractivity contribution is -0.132. The number of amides is 2. The van der Waals surface area contributed by atoms with E-state index in [9.17, 15) is 14.7 Å². The number of aliphatic hydroxyl groups is 1. The van der Waals surface area contributed by atoms with E-state index >= 15 is 0 Å². The molecule has 2 unspecified atom stereocenters. The molecule has 2 fully saturated rings. The summed E-state index contributed by atoms with van der Waals surface area (Å²) in [4.78, 5) is 27.6. The molecule has 0 aromatic heterocycles. The summed E-state index contributed by atoms with van der Waals surface area (Å²) in [6.07, 6.45) is 0.342. The minimum atomic E-state index is -0.301. The maximum atomic E-state index is 12.1. The molecule has 2 rings (SSSR count). The lowest BCUT2D eigenvalue weighted by Gasteiger charge is -2.34. The first kappa shape index (κ1) is 16.6. The van der Waals surface area contributed by atoms with Gasteiger partial charge >= 0.3 is 0 Å². The van der Waals surface area contributed by atoms with Crippen molar-refractivity contribution in [1.29, 1.82) is 0 Å². The van der Waals surface area contributed by atoms with Crippen LogP contribution >= 0.6 is 11.8 Å². The highest BCUT2D eigenvalue weighted by molar-refractivity contribution is 8.00. The molecule has 0 aliphatic carbocycles. The van der Waals surface area contributed by atoms with Gasteiger partial charge in [-0.15, -0.1) is 11.8 Å². The van der Waals surface area contributed by atoms with Crippen LogP contribution in [-0.2, 0) is 14.3 Å². The monoisotopic (exact) mass is 316 g/mol. The van der Waals surface area contributed by atoms with Gasteiger partial charge in [0.25, 0.3) is 0 Å². The Morgan fingerprint density at radius 2 is 1.76 bits per heavy atom. The van der Waals surface area contributed by atoms with E-state index in [1.165, 1.54) is 11.8 Å². The molecule has 0 aromatic carbocycles. The molecular weight excluding hydrogens is 292 g/mol. The molecule has 0 radical (unpaired) electrons. The Hall–Kier alpha value is -0.790. The number of carbonyl (C=O) groups excluding carboxylic acids is 2. The second-order valence-electron chi connectivity index (χ2n) is 5.66. The number of aliphatic hydroxyl groups excluding tert-OH is 1. The summed E-state index contributed by atoms with van der Waals surface area (Å²) in [5, 5.41) is 9.67. The number of hydrogen-bond donors (Lipinski definition) is 1. The summed E-state index contributed by atoms with van der Waals surface area (Å²) in [5.74, 6) is 0.950. The van der Waals surface area contributed by atoms with Crippen molar-refractivity contribution < 1.29 is 19.4 Å². The predicted molar refractivity (Wildman–Crippen MR) is 81.1 cm³/mol. The topological polar surface area (TPSA) is 70.1 Å². The van der Waals surface area contributed by atoms with Gasteiger partial charge in [0.2, 0.25) is 11.8 Å². The van der Waals surface area contributed by atoms with Crippen molar-refractivity contribution in [1.82, 2.24) is 9.80 Å². The van der Waals surface area contributed by atoms with Gasteiger partial charge in [-0.25, -0.2) is 0 Å². The number of rotatable bonds is 4. The normalized spacial score (nSPS) is 26.8. The fraction of sp³-hybridized carbons (Fsp3) is 0.857. The average molecular weight is 316 g/mol. The number of ether oxygens (including phenoxy) is 1. The first-order valence-corrected chi connectivity index (χ1v) is 8.62. The van der Waals surface area contributed by atoms with Crippen LogP contribution in [0.15, 0.2) is 0 Å². The zero-order valence-corrected chi connectivity index (χ0v) is 13.3. The number of morpholine rings is 1. The molecule has 0 aromatic rings. The van der Waals surface area contributed by atoms with Crippen LogP contribution in [0.4, 0.5) is 0 Å². The van der Waals surface area contributed by atoms with E-state index < -0.39 is 0 Å². The van der Waals surface area contributed by atoms with E-state index in [0.29, 0.717) is 57.3 Å².